The Morgan fingerprint density at radius 1 is 1.24 bits per heavy atom. The van der Waals surface area contributed by atoms with Crippen LogP contribution in [-0.4, -0.2) is 86.3 Å². The summed E-state index contributed by atoms with van der Waals surface area (Å²) in [5.41, 5.74) is 2.00. The second-order valence-electron chi connectivity index (χ2n) is 8.81. The van der Waals surface area contributed by atoms with Crippen LogP contribution in [-0.2, 0) is 16.0 Å². The van der Waals surface area contributed by atoms with Crippen molar-refractivity contribution in [3.8, 4) is 17.0 Å². The summed E-state index contributed by atoms with van der Waals surface area (Å²) in [5.74, 6) is -0.115. The Bertz CT molecular complexity index is 910. The molecule has 2 aromatic rings. The summed E-state index contributed by atoms with van der Waals surface area (Å²) >= 11 is 0. The number of hydrogen-bond acceptors (Lipinski definition) is 6. The Labute approximate surface area is 194 Å². The molecule has 1 aromatic heterocycles. The van der Waals surface area contributed by atoms with Crippen LogP contribution < -0.4 is 10.1 Å². The number of rotatable bonds is 9. The number of ether oxygens (including phenoxy) is 2. The maximum absolute atomic E-state index is 14.7. The molecule has 0 spiro atoms. The Morgan fingerprint density at radius 2 is 2.03 bits per heavy atom. The number of pyridine rings is 1. The minimum Gasteiger partial charge on any atom is -0.476 e. The first-order chi connectivity index (χ1) is 16.1. The lowest BCUT2D eigenvalue weighted by Gasteiger charge is -2.32. The molecule has 0 aliphatic carbocycles. The molecule has 2 aliphatic rings. The highest BCUT2D eigenvalue weighted by Crippen LogP contribution is 2.25. The van der Waals surface area contributed by atoms with Gasteiger partial charge in [-0.3, -0.25) is 9.69 Å². The number of carbonyl (C=O) groups excluding carboxylic acids is 1. The number of halogens is 1. The lowest BCUT2D eigenvalue weighted by atomic mass is 10.0. The van der Waals surface area contributed by atoms with Crippen LogP contribution in [0.1, 0.15) is 18.4 Å². The van der Waals surface area contributed by atoms with Crippen molar-refractivity contribution in [3.63, 3.8) is 0 Å². The first-order valence-electron chi connectivity index (χ1n) is 11.7. The molecule has 178 valence electrons. The van der Waals surface area contributed by atoms with Gasteiger partial charge in [-0.25, -0.2) is 9.37 Å². The topological polar surface area (TPSA) is 66.9 Å². The van der Waals surface area contributed by atoms with E-state index in [0.717, 1.165) is 57.7 Å². The molecule has 33 heavy (non-hydrogen) atoms. The Morgan fingerprint density at radius 3 is 2.73 bits per heavy atom. The third-order valence-corrected chi connectivity index (χ3v) is 6.26. The molecule has 3 heterocycles. The van der Waals surface area contributed by atoms with E-state index in [2.05, 4.69) is 27.1 Å². The number of likely N-dealkylation sites (N-methyl/N-ethyl adjacent to an activating group) is 1. The molecular weight excluding hydrogens is 423 g/mol. The minimum absolute atomic E-state index is 0.0378. The number of piperazine rings is 1. The number of nitrogens with one attached hydrogen (secondary N) is 1. The van der Waals surface area contributed by atoms with Crippen molar-refractivity contribution in [1.82, 2.24) is 20.1 Å². The fraction of sp³-hybridized carbons (Fsp3) is 0.520. The minimum atomic E-state index is -0.373. The van der Waals surface area contributed by atoms with Gasteiger partial charge in [-0.1, -0.05) is 24.3 Å². The molecule has 8 heteroatoms. The number of benzene rings is 1. The lowest BCUT2D eigenvalue weighted by molar-refractivity contribution is -0.120. The van der Waals surface area contributed by atoms with Crippen LogP contribution in [0.4, 0.5) is 4.39 Å². The molecular formula is C25H33FN4O3. The third kappa shape index (κ3) is 6.96. The Hall–Kier alpha value is -2.55. The number of amides is 1. The van der Waals surface area contributed by atoms with Crippen LogP contribution in [0.3, 0.4) is 0 Å². The highest BCUT2D eigenvalue weighted by molar-refractivity contribution is 5.78. The van der Waals surface area contributed by atoms with Crippen LogP contribution in [0.5, 0.6) is 5.88 Å². The van der Waals surface area contributed by atoms with Gasteiger partial charge in [-0.2, -0.15) is 0 Å². The van der Waals surface area contributed by atoms with Gasteiger partial charge in [-0.05, 0) is 31.0 Å². The molecule has 1 atom stereocenters. The summed E-state index contributed by atoms with van der Waals surface area (Å²) in [7, 11) is 2.13. The van der Waals surface area contributed by atoms with Gasteiger partial charge in [0.1, 0.15) is 12.4 Å². The second-order valence-corrected chi connectivity index (χ2v) is 8.81. The van der Waals surface area contributed by atoms with Gasteiger partial charge in [0.25, 0.3) is 0 Å². The molecule has 4 rings (SSSR count). The van der Waals surface area contributed by atoms with E-state index in [1.807, 2.05) is 24.3 Å². The molecule has 0 saturated carbocycles. The first-order valence-corrected chi connectivity index (χ1v) is 11.7. The summed E-state index contributed by atoms with van der Waals surface area (Å²) in [5, 5.41) is 2.92. The standard InChI is InChI=1S/C25H33FN4O3/c1-29-8-10-30(11-9-29)12-14-33-25-16-23(26)22(18-28-25)20-6-4-19(5-7-20)15-24(31)27-17-21-3-2-13-32-21/h4-7,16,18,21H,2-3,8-15,17H2,1H3,(H,27,31). The molecule has 2 fully saturated rings. The summed E-state index contributed by atoms with van der Waals surface area (Å²) in [6, 6.07) is 8.67. The Balaban J connectivity index is 1.25. The zero-order chi connectivity index (χ0) is 23.0. The fourth-order valence-electron chi connectivity index (χ4n) is 4.14. The van der Waals surface area contributed by atoms with E-state index < -0.39 is 0 Å². The summed E-state index contributed by atoms with van der Waals surface area (Å²) in [4.78, 5) is 21.1. The molecule has 0 radical (unpaired) electrons. The molecule has 1 N–H and O–H groups in total. The van der Waals surface area contributed by atoms with Crippen LogP contribution in [0.25, 0.3) is 11.1 Å². The number of aromatic nitrogens is 1. The van der Waals surface area contributed by atoms with Crippen LogP contribution in [0.15, 0.2) is 36.5 Å². The van der Waals surface area contributed by atoms with Gasteiger partial charge in [0, 0.05) is 63.7 Å². The van der Waals surface area contributed by atoms with Gasteiger partial charge in [-0.15, -0.1) is 0 Å². The average molecular weight is 457 g/mol. The van der Waals surface area contributed by atoms with Gasteiger partial charge in [0.05, 0.1) is 12.5 Å². The van der Waals surface area contributed by atoms with Gasteiger partial charge < -0.3 is 19.7 Å². The van der Waals surface area contributed by atoms with E-state index in [1.54, 1.807) is 0 Å². The van der Waals surface area contributed by atoms with Crippen LogP contribution in [0.2, 0.25) is 0 Å². The van der Waals surface area contributed by atoms with Crippen molar-refractivity contribution in [2.75, 3.05) is 59.5 Å². The average Bonchev–Trinajstić information content (AvgIpc) is 3.34. The highest BCUT2D eigenvalue weighted by atomic mass is 19.1. The molecule has 2 saturated heterocycles. The smallest absolute Gasteiger partial charge is 0.224 e. The molecule has 1 unspecified atom stereocenters. The maximum atomic E-state index is 14.7. The predicted molar refractivity (Wildman–Crippen MR) is 125 cm³/mol. The number of carbonyl (C=O) groups is 1. The van der Waals surface area contributed by atoms with Crippen molar-refractivity contribution in [3.05, 3.63) is 47.9 Å². The molecule has 1 amide bonds. The summed E-state index contributed by atoms with van der Waals surface area (Å²) in [6.07, 6.45) is 3.97. The monoisotopic (exact) mass is 456 g/mol. The largest absolute Gasteiger partial charge is 0.476 e. The van der Waals surface area contributed by atoms with Gasteiger partial charge in [0.15, 0.2) is 0 Å². The van der Waals surface area contributed by atoms with Crippen LogP contribution in [0, 0.1) is 5.82 Å². The van der Waals surface area contributed by atoms with Crippen molar-refractivity contribution >= 4 is 5.91 Å². The highest BCUT2D eigenvalue weighted by Gasteiger charge is 2.17. The van der Waals surface area contributed by atoms with E-state index in [9.17, 15) is 9.18 Å². The van der Waals surface area contributed by atoms with Crippen LogP contribution >= 0.6 is 0 Å². The Kier molecular flexibility index (Phi) is 8.25. The third-order valence-electron chi connectivity index (χ3n) is 6.26. The van der Waals surface area contributed by atoms with E-state index in [4.69, 9.17) is 9.47 Å². The summed E-state index contributed by atoms with van der Waals surface area (Å²) in [6.45, 7) is 6.77. The normalized spacial score (nSPS) is 19.5. The van der Waals surface area contributed by atoms with Crippen molar-refractivity contribution in [2.24, 2.45) is 0 Å². The van der Waals surface area contributed by atoms with Gasteiger partial charge in [0.2, 0.25) is 11.8 Å². The van der Waals surface area contributed by atoms with Crippen molar-refractivity contribution in [1.29, 1.82) is 0 Å². The number of nitrogens with zero attached hydrogens (tertiary/aromatic N) is 3. The fourth-order valence-corrected chi connectivity index (χ4v) is 4.14. The molecule has 2 aliphatic heterocycles. The van der Waals surface area contributed by atoms with E-state index >= 15 is 0 Å². The van der Waals surface area contributed by atoms with Crippen molar-refractivity contribution < 1.29 is 18.7 Å². The first kappa shape index (κ1) is 23.6. The maximum Gasteiger partial charge on any atom is 0.224 e. The summed E-state index contributed by atoms with van der Waals surface area (Å²) < 4.78 is 25.9. The molecule has 7 nitrogen and oxygen atoms in total. The second kappa shape index (κ2) is 11.5. The SMILES string of the molecule is CN1CCN(CCOc2cc(F)c(-c3ccc(CC(=O)NCC4CCCO4)cc3)cn2)CC1. The van der Waals surface area contributed by atoms with Crippen molar-refractivity contribution in [2.45, 2.75) is 25.4 Å². The zero-order valence-electron chi connectivity index (χ0n) is 19.3. The lowest BCUT2D eigenvalue weighted by Crippen LogP contribution is -2.45. The predicted octanol–water partition coefficient (Wildman–Crippen LogP) is 2.35. The van der Waals surface area contributed by atoms with E-state index in [-0.39, 0.29) is 24.2 Å². The quantitative estimate of drug-likeness (QED) is 0.625. The number of hydrogen-bond donors (Lipinski definition) is 1. The molecule has 1 aromatic carbocycles. The van der Waals surface area contributed by atoms with E-state index in [1.165, 1.54) is 12.3 Å². The van der Waals surface area contributed by atoms with E-state index in [0.29, 0.717) is 30.2 Å². The van der Waals surface area contributed by atoms with Gasteiger partial charge >= 0.3 is 0 Å². The zero-order valence-corrected chi connectivity index (χ0v) is 19.3. The molecule has 0 bridgehead atoms.